The van der Waals surface area contributed by atoms with E-state index >= 15 is 0 Å². The smallest absolute Gasteiger partial charge is 0.220 e. The summed E-state index contributed by atoms with van der Waals surface area (Å²) in [5.74, 6) is -0.261. The summed E-state index contributed by atoms with van der Waals surface area (Å²) in [4.78, 5) is 13.0. The zero-order valence-electron chi connectivity index (χ0n) is 36.0. The molecule has 0 aromatic heterocycles. The molecule has 1 amide bonds. The summed E-state index contributed by atoms with van der Waals surface area (Å²) in [6.07, 6.45) is 17.8. The van der Waals surface area contributed by atoms with Crippen molar-refractivity contribution in [2.45, 2.75) is 222 Å². The van der Waals surface area contributed by atoms with Gasteiger partial charge in [0, 0.05) is 6.42 Å². The zero-order chi connectivity index (χ0) is 43.3. The Balaban J connectivity index is 1.91. The third-order valence-electron chi connectivity index (χ3n) is 11.1. The number of rotatable bonds is 33. The second kappa shape index (κ2) is 32.9. The number of nitrogens with one attached hydrogen (secondary N) is 1. The molecule has 59 heavy (non-hydrogen) atoms. The lowest BCUT2D eigenvalue weighted by molar-refractivity contribution is -0.359. The van der Waals surface area contributed by atoms with Crippen LogP contribution in [0.15, 0.2) is 36.5 Å². The van der Waals surface area contributed by atoms with Crippen molar-refractivity contribution in [3.63, 3.8) is 0 Å². The summed E-state index contributed by atoms with van der Waals surface area (Å²) in [6, 6.07) is -0.931. The van der Waals surface area contributed by atoms with Crippen LogP contribution in [0.2, 0.25) is 0 Å². The molecule has 0 spiro atoms. The molecule has 14 nitrogen and oxygen atoms in total. The molecule has 0 aliphatic carbocycles. The molecule has 14 heteroatoms. The van der Waals surface area contributed by atoms with Crippen molar-refractivity contribution in [3.8, 4) is 0 Å². The van der Waals surface area contributed by atoms with E-state index in [9.17, 15) is 45.6 Å². The summed E-state index contributed by atoms with van der Waals surface area (Å²) in [5, 5.41) is 86.3. The molecule has 2 rings (SSSR count). The Morgan fingerprint density at radius 2 is 1.08 bits per heavy atom. The number of amides is 1. The van der Waals surface area contributed by atoms with E-state index in [1.54, 1.807) is 6.08 Å². The quantitative estimate of drug-likeness (QED) is 0.0331. The van der Waals surface area contributed by atoms with Crippen LogP contribution in [0.3, 0.4) is 0 Å². The minimum Gasteiger partial charge on any atom is -0.394 e. The van der Waals surface area contributed by atoms with Crippen molar-refractivity contribution >= 4 is 5.91 Å². The van der Waals surface area contributed by atoms with Crippen LogP contribution in [-0.2, 0) is 23.7 Å². The van der Waals surface area contributed by atoms with Gasteiger partial charge in [0.25, 0.3) is 0 Å². The molecule has 0 bridgehead atoms. The number of hydrogen-bond donors (Lipinski definition) is 9. The van der Waals surface area contributed by atoms with Gasteiger partial charge in [0.2, 0.25) is 5.91 Å². The number of aliphatic hydroxyl groups is 8. The van der Waals surface area contributed by atoms with Gasteiger partial charge in [0.15, 0.2) is 12.6 Å². The summed E-state index contributed by atoms with van der Waals surface area (Å²) in [6.45, 7) is 2.68. The fourth-order valence-electron chi connectivity index (χ4n) is 7.26. The fourth-order valence-corrected chi connectivity index (χ4v) is 7.26. The molecule has 0 radical (unpaired) electrons. The van der Waals surface area contributed by atoms with Gasteiger partial charge in [-0.1, -0.05) is 134 Å². The van der Waals surface area contributed by atoms with Crippen LogP contribution >= 0.6 is 0 Å². The van der Waals surface area contributed by atoms with E-state index in [4.69, 9.17) is 18.9 Å². The lowest BCUT2D eigenvalue weighted by Crippen LogP contribution is -2.65. The summed E-state index contributed by atoms with van der Waals surface area (Å²) < 4.78 is 22.6. The first-order chi connectivity index (χ1) is 28.6. The molecule has 0 aromatic carbocycles. The van der Waals surface area contributed by atoms with Crippen LogP contribution in [0.25, 0.3) is 0 Å². The van der Waals surface area contributed by atoms with E-state index in [1.165, 1.54) is 70.6 Å². The molecule has 2 fully saturated rings. The number of unbranched alkanes of at least 4 members (excludes halogenated alkanes) is 16. The number of aliphatic hydroxyl groups excluding tert-OH is 8. The topological polar surface area (TPSA) is 228 Å². The van der Waals surface area contributed by atoms with Crippen molar-refractivity contribution in [1.29, 1.82) is 0 Å². The minimum atomic E-state index is -1.79. The first-order valence-corrected chi connectivity index (χ1v) is 22.7. The van der Waals surface area contributed by atoms with Crippen LogP contribution < -0.4 is 5.32 Å². The van der Waals surface area contributed by atoms with Gasteiger partial charge in [-0.3, -0.25) is 4.79 Å². The van der Waals surface area contributed by atoms with E-state index in [0.29, 0.717) is 12.8 Å². The highest BCUT2D eigenvalue weighted by atomic mass is 16.7. The highest BCUT2D eigenvalue weighted by molar-refractivity contribution is 5.76. The van der Waals surface area contributed by atoms with E-state index < -0.39 is 86.8 Å². The van der Waals surface area contributed by atoms with Crippen molar-refractivity contribution < 1.29 is 64.6 Å². The largest absolute Gasteiger partial charge is 0.394 e. The predicted molar refractivity (Wildman–Crippen MR) is 226 cm³/mol. The van der Waals surface area contributed by atoms with Crippen molar-refractivity contribution in [2.75, 3.05) is 19.8 Å². The first kappa shape index (κ1) is 53.3. The normalized spacial score (nSPS) is 28.8. The number of hydrogen-bond acceptors (Lipinski definition) is 13. The van der Waals surface area contributed by atoms with E-state index in [1.807, 2.05) is 6.08 Å². The molecule has 12 unspecified atom stereocenters. The predicted octanol–water partition coefficient (Wildman–Crippen LogP) is 4.37. The van der Waals surface area contributed by atoms with E-state index in [0.717, 1.165) is 44.9 Å². The average molecular weight is 844 g/mol. The van der Waals surface area contributed by atoms with Gasteiger partial charge in [0.1, 0.15) is 48.8 Å². The molecule has 2 heterocycles. The van der Waals surface area contributed by atoms with Gasteiger partial charge in [-0.05, 0) is 44.9 Å². The SMILES string of the molecule is CCCCCCCCC/C=C/CC/C=C/CC/C=C/C(O)C(COC1OC(CO)C(OC2OC(CO)C(O)C(O)C2O)C(O)C1O)NC(=O)CCCCCCCCCC. The highest BCUT2D eigenvalue weighted by Gasteiger charge is 2.50. The zero-order valence-corrected chi connectivity index (χ0v) is 36.0. The van der Waals surface area contributed by atoms with Gasteiger partial charge in [0.05, 0.1) is 32.0 Å². The number of allylic oxidation sites excluding steroid dienone is 5. The molecule has 9 N–H and O–H groups in total. The van der Waals surface area contributed by atoms with Gasteiger partial charge >= 0.3 is 0 Å². The van der Waals surface area contributed by atoms with Crippen molar-refractivity contribution in [3.05, 3.63) is 36.5 Å². The maximum absolute atomic E-state index is 13.0. The Labute approximate surface area is 353 Å². The average Bonchev–Trinajstić information content (AvgIpc) is 3.23. The van der Waals surface area contributed by atoms with Crippen LogP contribution in [0.5, 0.6) is 0 Å². The Hall–Kier alpha value is -1.79. The molecular weight excluding hydrogens is 762 g/mol. The number of carbonyl (C=O) groups is 1. The second-order valence-corrected chi connectivity index (χ2v) is 16.2. The monoisotopic (exact) mass is 844 g/mol. The van der Waals surface area contributed by atoms with Crippen LogP contribution in [0.1, 0.15) is 149 Å². The van der Waals surface area contributed by atoms with E-state index in [2.05, 4.69) is 43.5 Å². The Morgan fingerprint density at radius 1 is 0.593 bits per heavy atom. The van der Waals surface area contributed by atoms with Crippen LogP contribution in [-0.4, -0.2) is 140 Å². The maximum Gasteiger partial charge on any atom is 0.220 e. The lowest BCUT2D eigenvalue weighted by atomic mass is 9.97. The molecule has 0 saturated carbocycles. The van der Waals surface area contributed by atoms with Gasteiger partial charge in [-0.25, -0.2) is 0 Å². The second-order valence-electron chi connectivity index (χ2n) is 16.2. The standard InChI is InChI=1S/C45H81NO13/c1-3-5-7-9-11-13-14-15-16-17-18-19-20-21-22-24-26-28-34(49)33(46-37(50)29-27-25-23-12-10-8-6-4-2)32-56-44-42(55)40(53)43(36(31-48)58-44)59-45-41(54)39(52)38(51)35(30-47)57-45/h16-17,20-21,26,28,33-36,38-45,47-49,51-55H,3-15,18-19,22-25,27,29-32H2,1-2H3,(H,46,50)/b17-16+,21-20+,28-26+. The molecule has 2 saturated heterocycles. The number of ether oxygens (including phenoxy) is 4. The van der Waals surface area contributed by atoms with Gasteiger partial charge in [-0.2, -0.15) is 0 Å². The molecule has 0 aromatic rings. The van der Waals surface area contributed by atoms with Crippen LogP contribution in [0.4, 0.5) is 0 Å². The van der Waals surface area contributed by atoms with Crippen molar-refractivity contribution in [1.82, 2.24) is 5.32 Å². The molecule has 344 valence electrons. The molecular formula is C45H81NO13. The van der Waals surface area contributed by atoms with Crippen LogP contribution in [0, 0.1) is 0 Å². The highest BCUT2D eigenvalue weighted by Crippen LogP contribution is 2.30. The van der Waals surface area contributed by atoms with Gasteiger partial charge < -0.3 is 65.1 Å². The van der Waals surface area contributed by atoms with Crippen molar-refractivity contribution in [2.24, 2.45) is 0 Å². The summed E-state index contributed by atoms with van der Waals surface area (Å²) in [7, 11) is 0. The summed E-state index contributed by atoms with van der Waals surface area (Å²) >= 11 is 0. The van der Waals surface area contributed by atoms with Gasteiger partial charge in [-0.15, -0.1) is 0 Å². The van der Waals surface area contributed by atoms with E-state index in [-0.39, 0.29) is 18.9 Å². The summed E-state index contributed by atoms with van der Waals surface area (Å²) in [5.41, 5.74) is 0. The lowest BCUT2D eigenvalue weighted by Gasteiger charge is -2.46. The molecule has 2 aliphatic rings. The first-order valence-electron chi connectivity index (χ1n) is 22.7. The number of carbonyl (C=O) groups excluding carboxylic acids is 1. The fraction of sp³-hybridized carbons (Fsp3) is 0.844. The minimum absolute atomic E-state index is 0.261. The molecule has 2 aliphatic heterocycles. The Morgan fingerprint density at radius 3 is 1.66 bits per heavy atom. The maximum atomic E-state index is 13.0. The Kier molecular flexibility index (Phi) is 29.7. The Bertz CT molecular complexity index is 1140. The third-order valence-corrected chi connectivity index (χ3v) is 11.1. The molecule has 12 atom stereocenters. The third kappa shape index (κ3) is 21.2.